The summed E-state index contributed by atoms with van der Waals surface area (Å²) >= 11 is 0. The minimum atomic E-state index is -3.67. The number of hydrogen-bond acceptors (Lipinski definition) is 4. The van der Waals surface area contributed by atoms with Gasteiger partial charge >= 0.3 is 0 Å². The van der Waals surface area contributed by atoms with Crippen LogP contribution < -0.4 is 5.32 Å². The molecule has 0 aromatic heterocycles. The van der Waals surface area contributed by atoms with Gasteiger partial charge in [0.05, 0.1) is 4.90 Å². The lowest BCUT2D eigenvalue weighted by atomic mass is 10.1. The number of hydrogen-bond donors (Lipinski definition) is 1. The lowest BCUT2D eigenvalue weighted by molar-refractivity contribution is 0.0729. The zero-order valence-electron chi connectivity index (χ0n) is 18.3. The number of nitrogens with one attached hydrogen (secondary N) is 1. The van der Waals surface area contributed by atoms with Crippen molar-refractivity contribution in [2.75, 3.05) is 14.1 Å². The van der Waals surface area contributed by atoms with Gasteiger partial charge in [0.25, 0.3) is 11.8 Å². The summed E-state index contributed by atoms with van der Waals surface area (Å²) in [5, 5.41) is 2.59. The molecule has 0 radical (unpaired) electrons. The Bertz CT molecular complexity index is 1060. The van der Waals surface area contributed by atoms with Gasteiger partial charge in [0.15, 0.2) is 0 Å². The average molecular weight is 444 g/mol. The van der Waals surface area contributed by atoms with E-state index in [4.69, 9.17) is 0 Å². The van der Waals surface area contributed by atoms with E-state index in [9.17, 15) is 18.0 Å². The van der Waals surface area contributed by atoms with Crippen LogP contribution in [0.15, 0.2) is 53.4 Å². The van der Waals surface area contributed by atoms with Crippen molar-refractivity contribution in [3.63, 3.8) is 0 Å². The molecule has 8 heteroatoms. The van der Waals surface area contributed by atoms with Crippen molar-refractivity contribution in [2.45, 2.75) is 50.2 Å². The number of carbonyl (C=O) groups is 2. The molecule has 0 saturated heterocycles. The summed E-state index contributed by atoms with van der Waals surface area (Å²) in [6.45, 7) is 4.01. The molecule has 7 nitrogen and oxygen atoms in total. The molecule has 1 fully saturated rings. The highest BCUT2D eigenvalue weighted by molar-refractivity contribution is 7.89. The van der Waals surface area contributed by atoms with Gasteiger partial charge in [-0.25, -0.2) is 8.42 Å². The van der Waals surface area contributed by atoms with Crippen LogP contribution in [0.3, 0.4) is 0 Å². The zero-order valence-corrected chi connectivity index (χ0v) is 19.1. The maximum Gasteiger partial charge on any atom is 0.254 e. The van der Waals surface area contributed by atoms with Crippen molar-refractivity contribution >= 4 is 21.8 Å². The molecule has 166 valence electrons. The number of rotatable bonds is 8. The molecule has 0 heterocycles. The van der Waals surface area contributed by atoms with Crippen LogP contribution in [0.2, 0.25) is 0 Å². The summed E-state index contributed by atoms with van der Waals surface area (Å²) in [6, 6.07) is 13.3. The second kappa shape index (κ2) is 9.20. The van der Waals surface area contributed by atoms with Crippen molar-refractivity contribution in [3.8, 4) is 0 Å². The summed E-state index contributed by atoms with van der Waals surface area (Å²) < 4.78 is 27.0. The summed E-state index contributed by atoms with van der Waals surface area (Å²) in [4.78, 5) is 26.9. The molecule has 0 atom stereocenters. The van der Waals surface area contributed by atoms with E-state index in [1.54, 1.807) is 50.1 Å². The van der Waals surface area contributed by atoms with E-state index in [-0.39, 0.29) is 28.8 Å². The lowest BCUT2D eigenvalue weighted by Crippen LogP contribution is -2.34. The molecule has 0 spiro atoms. The fourth-order valence-electron chi connectivity index (χ4n) is 3.25. The van der Waals surface area contributed by atoms with Crippen molar-refractivity contribution in [3.05, 3.63) is 65.2 Å². The first-order valence-corrected chi connectivity index (χ1v) is 11.8. The van der Waals surface area contributed by atoms with Crippen LogP contribution in [0.4, 0.5) is 0 Å². The molecule has 3 rings (SSSR count). The maximum absolute atomic E-state index is 13.3. The van der Waals surface area contributed by atoms with Crippen LogP contribution in [0.5, 0.6) is 0 Å². The van der Waals surface area contributed by atoms with Crippen molar-refractivity contribution in [1.29, 1.82) is 0 Å². The Labute approximate surface area is 184 Å². The van der Waals surface area contributed by atoms with Gasteiger partial charge in [-0.2, -0.15) is 4.31 Å². The van der Waals surface area contributed by atoms with E-state index < -0.39 is 10.0 Å². The molecule has 0 unspecified atom stereocenters. The highest BCUT2D eigenvalue weighted by atomic mass is 32.2. The van der Waals surface area contributed by atoms with E-state index in [0.29, 0.717) is 17.7 Å². The van der Waals surface area contributed by atoms with E-state index in [2.05, 4.69) is 5.32 Å². The van der Waals surface area contributed by atoms with Gasteiger partial charge in [0.1, 0.15) is 0 Å². The molecule has 31 heavy (non-hydrogen) atoms. The quantitative estimate of drug-likeness (QED) is 0.680. The Hall–Kier alpha value is -2.71. The number of amides is 2. The molecule has 1 aliphatic carbocycles. The van der Waals surface area contributed by atoms with Gasteiger partial charge in [-0.05, 0) is 62.6 Å². The molecule has 1 aliphatic rings. The second-order valence-electron chi connectivity index (χ2n) is 8.08. The van der Waals surface area contributed by atoms with Gasteiger partial charge < -0.3 is 10.2 Å². The molecule has 2 aromatic carbocycles. The third-order valence-corrected chi connectivity index (χ3v) is 7.56. The minimum absolute atomic E-state index is 0.111. The van der Waals surface area contributed by atoms with Crippen molar-refractivity contribution in [2.24, 2.45) is 0 Å². The fraction of sp³-hybridized carbons (Fsp3) is 0.391. The highest BCUT2D eigenvalue weighted by Crippen LogP contribution is 2.30. The number of benzene rings is 2. The molecule has 1 saturated carbocycles. The van der Waals surface area contributed by atoms with E-state index in [0.717, 1.165) is 18.4 Å². The smallest absolute Gasteiger partial charge is 0.254 e. The normalized spacial score (nSPS) is 14.0. The van der Waals surface area contributed by atoms with Crippen LogP contribution in [0.25, 0.3) is 0 Å². The van der Waals surface area contributed by atoms with E-state index in [1.165, 1.54) is 23.5 Å². The molecule has 1 N–H and O–H groups in total. The number of carbonyl (C=O) groups excluding carboxylic acids is 2. The van der Waals surface area contributed by atoms with Crippen LogP contribution in [-0.2, 0) is 16.6 Å². The maximum atomic E-state index is 13.3. The van der Waals surface area contributed by atoms with Gasteiger partial charge in [0.2, 0.25) is 10.0 Å². The molecule has 2 aromatic rings. The summed E-state index contributed by atoms with van der Waals surface area (Å²) in [7, 11) is -0.559. The lowest BCUT2D eigenvalue weighted by Gasteiger charge is -2.24. The second-order valence-corrected chi connectivity index (χ2v) is 10.1. The Balaban J connectivity index is 1.84. The van der Waals surface area contributed by atoms with E-state index in [1.807, 2.05) is 12.1 Å². The Morgan fingerprint density at radius 1 is 1.06 bits per heavy atom. The fourth-order valence-corrected chi connectivity index (χ4v) is 4.67. The van der Waals surface area contributed by atoms with Gasteiger partial charge in [0, 0.05) is 43.9 Å². The van der Waals surface area contributed by atoms with Gasteiger partial charge in [-0.1, -0.05) is 18.2 Å². The predicted octanol–water partition coefficient (Wildman–Crippen LogP) is 2.88. The van der Waals surface area contributed by atoms with Crippen molar-refractivity contribution in [1.82, 2.24) is 14.5 Å². The summed E-state index contributed by atoms with van der Waals surface area (Å²) in [6.07, 6.45) is 1.85. The molecule has 2 amide bonds. The first-order chi connectivity index (χ1) is 14.6. The monoisotopic (exact) mass is 443 g/mol. The SMILES string of the molecule is CNC(=O)c1ccc(CN(C(=O)c2cccc(S(=O)(=O)N(C)C(C)C)c2)C2CC2)cc1. The van der Waals surface area contributed by atoms with Crippen LogP contribution >= 0.6 is 0 Å². The third-order valence-electron chi connectivity index (χ3n) is 5.53. The topological polar surface area (TPSA) is 86.8 Å². The van der Waals surface area contributed by atoms with Crippen LogP contribution in [-0.4, -0.2) is 55.6 Å². The van der Waals surface area contributed by atoms with Crippen LogP contribution in [0, 0.1) is 0 Å². The molecular formula is C23H29N3O4S. The Kier molecular flexibility index (Phi) is 6.81. The zero-order chi connectivity index (χ0) is 22.8. The Morgan fingerprint density at radius 3 is 2.26 bits per heavy atom. The van der Waals surface area contributed by atoms with Crippen LogP contribution in [0.1, 0.15) is 53.0 Å². The number of sulfonamides is 1. The average Bonchev–Trinajstić information content (AvgIpc) is 3.61. The highest BCUT2D eigenvalue weighted by Gasteiger charge is 2.33. The predicted molar refractivity (Wildman–Crippen MR) is 119 cm³/mol. The molecule has 0 aliphatic heterocycles. The molecular weight excluding hydrogens is 414 g/mol. The first kappa shape index (κ1) is 23.0. The molecule has 0 bridgehead atoms. The first-order valence-electron chi connectivity index (χ1n) is 10.3. The van der Waals surface area contributed by atoms with Gasteiger partial charge in [-0.15, -0.1) is 0 Å². The van der Waals surface area contributed by atoms with Crippen molar-refractivity contribution < 1.29 is 18.0 Å². The Morgan fingerprint density at radius 2 is 1.71 bits per heavy atom. The standard InChI is InChI=1S/C23H29N3O4S/c1-16(2)25(4)31(29,30)21-7-5-6-19(14-21)23(28)26(20-12-13-20)15-17-8-10-18(11-9-17)22(27)24-3/h5-11,14,16,20H,12-13,15H2,1-4H3,(H,24,27). The van der Waals surface area contributed by atoms with E-state index >= 15 is 0 Å². The largest absolute Gasteiger partial charge is 0.355 e. The summed E-state index contributed by atoms with van der Waals surface area (Å²) in [5.41, 5.74) is 1.83. The van der Waals surface area contributed by atoms with Gasteiger partial charge in [-0.3, -0.25) is 9.59 Å². The minimum Gasteiger partial charge on any atom is -0.355 e. The number of nitrogens with zero attached hydrogens (tertiary/aromatic N) is 2. The third kappa shape index (κ3) is 5.14. The summed E-state index contributed by atoms with van der Waals surface area (Å²) in [5.74, 6) is -0.354.